The normalized spacial score (nSPS) is 10.1. The van der Waals surface area contributed by atoms with Crippen molar-refractivity contribution in [2.75, 3.05) is 0 Å². The lowest BCUT2D eigenvalue weighted by atomic mass is 10.2. The van der Waals surface area contributed by atoms with Crippen molar-refractivity contribution in [3.8, 4) is 11.6 Å². The maximum absolute atomic E-state index is 10.8. The lowest BCUT2D eigenvalue weighted by molar-refractivity contribution is 0.0696. The molecule has 92 valence electrons. The molecule has 0 aliphatic rings. The van der Waals surface area contributed by atoms with Gasteiger partial charge in [-0.3, -0.25) is 4.98 Å². The van der Waals surface area contributed by atoms with Crippen LogP contribution in [-0.2, 0) is 0 Å². The first-order valence-corrected chi connectivity index (χ1v) is 5.37. The van der Waals surface area contributed by atoms with E-state index in [-0.39, 0.29) is 5.56 Å². The number of carboxylic acid groups (broad SMARTS) is 1. The Balaban J connectivity index is 2.30. The second kappa shape index (κ2) is 4.83. The van der Waals surface area contributed by atoms with Gasteiger partial charge in [0.15, 0.2) is 5.75 Å². The molecule has 2 rings (SSSR count). The van der Waals surface area contributed by atoms with Crippen LogP contribution < -0.4 is 4.74 Å². The zero-order chi connectivity index (χ0) is 13.1. The van der Waals surface area contributed by atoms with Crippen LogP contribution in [0.15, 0.2) is 30.6 Å². The Morgan fingerprint density at radius 1 is 1.33 bits per heavy atom. The highest BCUT2D eigenvalue weighted by Crippen LogP contribution is 2.24. The molecule has 0 amide bonds. The standard InChI is InChI=1S/C13H12N2O3/c1-8-6-10(13(16)17)7-15-12(8)18-11-4-3-5-14-9(11)2/h3-7H,1-2H3,(H,16,17). The van der Waals surface area contributed by atoms with Crippen molar-refractivity contribution in [1.82, 2.24) is 9.97 Å². The minimum atomic E-state index is -1.00. The molecule has 2 aromatic rings. The number of hydrogen-bond acceptors (Lipinski definition) is 4. The molecule has 0 fully saturated rings. The van der Waals surface area contributed by atoms with Crippen molar-refractivity contribution in [1.29, 1.82) is 0 Å². The van der Waals surface area contributed by atoms with Gasteiger partial charge in [-0.1, -0.05) is 0 Å². The van der Waals surface area contributed by atoms with Crippen LogP contribution in [0, 0.1) is 13.8 Å². The minimum absolute atomic E-state index is 0.141. The van der Waals surface area contributed by atoms with Crippen molar-refractivity contribution >= 4 is 5.97 Å². The van der Waals surface area contributed by atoms with Crippen LogP contribution in [0.5, 0.6) is 11.6 Å². The van der Waals surface area contributed by atoms with Crippen LogP contribution >= 0.6 is 0 Å². The van der Waals surface area contributed by atoms with Crippen molar-refractivity contribution in [3.05, 3.63) is 47.4 Å². The highest BCUT2D eigenvalue weighted by molar-refractivity contribution is 5.87. The van der Waals surface area contributed by atoms with Gasteiger partial charge in [0.05, 0.1) is 11.3 Å². The second-order valence-corrected chi connectivity index (χ2v) is 3.84. The molecule has 5 nitrogen and oxygen atoms in total. The van der Waals surface area contributed by atoms with E-state index in [1.165, 1.54) is 12.3 Å². The van der Waals surface area contributed by atoms with Gasteiger partial charge in [0.2, 0.25) is 5.88 Å². The van der Waals surface area contributed by atoms with Crippen molar-refractivity contribution < 1.29 is 14.6 Å². The fourth-order valence-corrected chi connectivity index (χ4v) is 1.47. The molecule has 0 atom stereocenters. The summed E-state index contributed by atoms with van der Waals surface area (Å²) in [7, 11) is 0. The third-order valence-electron chi connectivity index (χ3n) is 2.44. The van der Waals surface area contributed by atoms with E-state index in [0.717, 1.165) is 5.69 Å². The molecule has 0 saturated heterocycles. The third-order valence-corrected chi connectivity index (χ3v) is 2.44. The van der Waals surface area contributed by atoms with E-state index in [4.69, 9.17) is 9.84 Å². The maximum atomic E-state index is 10.8. The zero-order valence-electron chi connectivity index (χ0n) is 10.0. The minimum Gasteiger partial charge on any atom is -0.478 e. The topological polar surface area (TPSA) is 72.3 Å². The summed E-state index contributed by atoms with van der Waals surface area (Å²) in [5, 5.41) is 8.84. The summed E-state index contributed by atoms with van der Waals surface area (Å²) in [4.78, 5) is 18.9. The highest BCUT2D eigenvalue weighted by Gasteiger charge is 2.09. The molecule has 0 radical (unpaired) electrons. The molecule has 0 bridgehead atoms. The van der Waals surface area contributed by atoms with Crippen LogP contribution in [0.4, 0.5) is 0 Å². The summed E-state index contributed by atoms with van der Waals surface area (Å²) in [6.45, 7) is 3.58. The van der Waals surface area contributed by atoms with Crippen molar-refractivity contribution in [2.45, 2.75) is 13.8 Å². The van der Waals surface area contributed by atoms with E-state index in [1.807, 2.05) is 6.92 Å². The lowest BCUT2D eigenvalue weighted by Gasteiger charge is -2.09. The number of carboxylic acids is 1. The lowest BCUT2D eigenvalue weighted by Crippen LogP contribution is -2.00. The molecule has 0 unspecified atom stereocenters. The fraction of sp³-hybridized carbons (Fsp3) is 0.154. The number of aromatic carboxylic acids is 1. The highest BCUT2D eigenvalue weighted by atomic mass is 16.5. The van der Waals surface area contributed by atoms with Gasteiger partial charge in [0.1, 0.15) is 0 Å². The van der Waals surface area contributed by atoms with Crippen LogP contribution in [0.3, 0.4) is 0 Å². The number of rotatable bonds is 3. The van der Waals surface area contributed by atoms with Gasteiger partial charge < -0.3 is 9.84 Å². The van der Waals surface area contributed by atoms with E-state index in [1.54, 1.807) is 25.3 Å². The van der Waals surface area contributed by atoms with Crippen molar-refractivity contribution in [2.24, 2.45) is 0 Å². The summed E-state index contributed by atoms with van der Waals surface area (Å²) < 4.78 is 5.61. The number of hydrogen-bond donors (Lipinski definition) is 1. The first-order chi connectivity index (χ1) is 8.58. The maximum Gasteiger partial charge on any atom is 0.337 e. The van der Waals surface area contributed by atoms with E-state index < -0.39 is 5.97 Å². The van der Waals surface area contributed by atoms with Crippen LogP contribution in [-0.4, -0.2) is 21.0 Å². The van der Waals surface area contributed by atoms with Crippen molar-refractivity contribution in [3.63, 3.8) is 0 Å². The van der Waals surface area contributed by atoms with Gasteiger partial charge in [0.25, 0.3) is 0 Å². The molecule has 2 heterocycles. The molecular formula is C13H12N2O3. The van der Waals surface area contributed by atoms with E-state index in [0.29, 0.717) is 17.2 Å². The zero-order valence-corrected chi connectivity index (χ0v) is 10.0. The van der Waals surface area contributed by atoms with E-state index >= 15 is 0 Å². The quantitative estimate of drug-likeness (QED) is 0.898. The number of aryl methyl sites for hydroxylation is 2. The van der Waals surface area contributed by atoms with Gasteiger partial charge in [-0.2, -0.15) is 0 Å². The van der Waals surface area contributed by atoms with Gasteiger partial charge in [-0.15, -0.1) is 0 Å². The SMILES string of the molecule is Cc1cc(C(=O)O)cnc1Oc1cccnc1C. The monoisotopic (exact) mass is 244 g/mol. The average molecular weight is 244 g/mol. The third kappa shape index (κ3) is 2.45. The summed E-state index contributed by atoms with van der Waals surface area (Å²) in [5.74, 6) is -0.0121. The van der Waals surface area contributed by atoms with Gasteiger partial charge in [0, 0.05) is 18.0 Å². The predicted octanol–water partition coefficient (Wildman–Crippen LogP) is 2.58. The summed E-state index contributed by atoms with van der Waals surface area (Å²) >= 11 is 0. The Hall–Kier alpha value is -2.43. The first kappa shape index (κ1) is 12.0. The summed E-state index contributed by atoms with van der Waals surface area (Å²) in [6, 6.07) is 5.08. The Labute approximate surface area is 104 Å². The molecular weight excluding hydrogens is 232 g/mol. The molecule has 0 saturated carbocycles. The van der Waals surface area contributed by atoms with Gasteiger partial charge >= 0.3 is 5.97 Å². The number of carbonyl (C=O) groups is 1. The molecule has 0 aliphatic heterocycles. The van der Waals surface area contributed by atoms with E-state index in [9.17, 15) is 4.79 Å². The van der Waals surface area contributed by atoms with Gasteiger partial charge in [-0.25, -0.2) is 9.78 Å². The Morgan fingerprint density at radius 2 is 2.11 bits per heavy atom. The van der Waals surface area contributed by atoms with Crippen LogP contribution in [0.1, 0.15) is 21.6 Å². The smallest absolute Gasteiger partial charge is 0.337 e. The first-order valence-electron chi connectivity index (χ1n) is 5.37. The molecule has 18 heavy (non-hydrogen) atoms. The van der Waals surface area contributed by atoms with Gasteiger partial charge in [-0.05, 0) is 32.0 Å². The summed E-state index contributed by atoms with van der Waals surface area (Å²) in [6.07, 6.45) is 2.95. The molecule has 2 aromatic heterocycles. The summed E-state index contributed by atoms with van der Waals surface area (Å²) in [5.41, 5.74) is 1.56. The number of ether oxygens (including phenoxy) is 1. The molecule has 0 spiro atoms. The Bertz CT molecular complexity index is 597. The van der Waals surface area contributed by atoms with Crippen LogP contribution in [0.25, 0.3) is 0 Å². The second-order valence-electron chi connectivity index (χ2n) is 3.84. The largest absolute Gasteiger partial charge is 0.478 e. The molecule has 1 N–H and O–H groups in total. The Morgan fingerprint density at radius 3 is 2.72 bits per heavy atom. The van der Waals surface area contributed by atoms with Crippen LogP contribution in [0.2, 0.25) is 0 Å². The predicted molar refractivity (Wildman–Crippen MR) is 65.0 cm³/mol. The Kier molecular flexibility index (Phi) is 3.23. The number of nitrogens with zero attached hydrogens (tertiary/aromatic N) is 2. The number of pyridine rings is 2. The fourth-order valence-electron chi connectivity index (χ4n) is 1.47. The molecule has 5 heteroatoms. The molecule has 0 aromatic carbocycles. The average Bonchev–Trinajstić information content (AvgIpc) is 2.34. The molecule has 0 aliphatic carbocycles. The van der Waals surface area contributed by atoms with E-state index in [2.05, 4.69) is 9.97 Å². The number of aromatic nitrogens is 2.